The van der Waals surface area contributed by atoms with E-state index >= 15 is 4.39 Å². The van der Waals surface area contributed by atoms with Crippen molar-refractivity contribution in [2.75, 3.05) is 50.7 Å². The Hall–Kier alpha value is -3.14. The number of piperazine rings is 1. The minimum atomic E-state index is -1.29. The van der Waals surface area contributed by atoms with Gasteiger partial charge in [-0.3, -0.25) is 14.1 Å². The summed E-state index contributed by atoms with van der Waals surface area (Å²) in [6, 6.07) is 1.50. The van der Waals surface area contributed by atoms with Crippen LogP contribution in [0.4, 0.5) is 14.9 Å². The number of aryl methyl sites for hydroxylation is 1. The predicted octanol–water partition coefficient (Wildman–Crippen LogP) is 3.70. The van der Waals surface area contributed by atoms with Crippen LogP contribution < -0.4 is 10.5 Å². The normalized spacial score (nSPS) is 20.8. The van der Waals surface area contributed by atoms with Crippen molar-refractivity contribution < 1.29 is 23.8 Å². The van der Waals surface area contributed by atoms with Crippen LogP contribution in [0.5, 0.6) is 0 Å². The number of fused-ring (bicyclic) bond motifs is 1. The molecular weight excluding hydrogens is 491 g/mol. The Bertz CT molecular complexity index is 1320. The molecule has 1 aliphatic carbocycles. The SMILES string of the molecule is Cc1c(N2CC[C@@H](CN3CCN(C(=O)OC(C)(C)C)CC3)C2)c(F)cn2c(=O)c(C(=O)O)cc(C3CC3)c12. The third-order valence-corrected chi connectivity index (χ3v) is 7.83. The molecule has 9 nitrogen and oxygen atoms in total. The lowest BCUT2D eigenvalue weighted by molar-refractivity contribution is 0.0135. The maximum Gasteiger partial charge on any atom is 0.410 e. The second kappa shape index (κ2) is 9.87. The van der Waals surface area contributed by atoms with Crippen LogP contribution in [0.25, 0.3) is 5.52 Å². The Kier molecular flexibility index (Phi) is 6.87. The predicted molar refractivity (Wildman–Crippen MR) is 142 cm³/mol. The van der Waals surface area contributed by atoms with Gasteiger partial charge >= 0.3 is 12.1 Å². The number of pyridine rings is 2. The Labute approximate surface area is 221 Å². The molecule has 2 aliphatic heterocycles. The molecule has 38 heavy (non-hydrogen) atoms. The van der Waals surface area contributed by atoms with Crippen molar-refractivity contribution >= 4 is 23.3 Å². The number of ether oxygens (including phenoxy) is 1. The van der Waals surface area contributed by atoms with Crippen LogP contribution in [0.15, 0.2) is 17.1 Å². The van der Waals surface area contributed by atoms with E-state index in [9.17, 15) is 19.5 Å². The van der Waals surface area contributed by atoms with Crippen LogP contribution in [0.2, 0.25) is 0 Å². The third-order valence-electron chi connectivity index (χ3n) is 7.83. The van der Waals surface area contributed by atoms with Crippen molar-refractivity contribution in [3.8, 4) is 0 Å². The van der Waals surface area contributed by atoms with E-state index in [1.165, 1.54) is 16.7 Å². The van der Waals surface area contributed by atoms with Gasteiger partial charge in [0, 0.05) is 45.8 Å². The largest absolute Gasteiger partial charge is 0.477 e. The quantitative estimate of drug-likeness (QED) is 0.632. The van der Waals surface area contributed by atoms with E-state index in [-0.39, 0.29) is 17.6 Å². The van der Waals surface area contributed by atoms with Crippen LogP contribution in [-0.2, 0) is 4.74 Å². The lowest BCUT2D eigenvalue weighted by atomic mass is 10.0. The number of rotatable bonds is 5. The Morgan fingerprint density at radius 2 is 1.79 bits per heavy atom. The Morgan fingerprint density at radius 3 is 2.39 bits per heavy atom. The molecule has 1 amide bonds. The highest BCUT2D eigenvalue weighted by Gasteiger charge is 2.33. The average Bonchev–Trinajstić information content (AvgIpc) is 3.58. The zero-order chi connectivity index (χ0) is 27.4. The van der Waals surface area contributed by atoms with Crippen molar-refractivity contribution in [2.45, 2.75) is 58.5 Å². The molecule has 1 atom stereocenters. The van der Waals surface area contributed by atoms with E-state index < -0.39 is 22.9 Å². The van der Waals surface area contributed by atoms with Crippen molar-refractivity contribution in [3.63, 3.8) is 0 Å². The number of hydrogen-bond acceptors (Lipinski definition) is 6. The first-order valence-corrected chi connectivity index (χ1v) is 13.5. The second-order valence-electron chi connectivity index (χ2n) is 11.9. The molecule has 10 heteroatoms. The molecule has 206 valence electrons. The number of aromatic nitrogens is 1. The van der Waals surface area contributed by atoms with Crippen molar-refractivity contribution in [1.82, 2.24) is 14.2 Å². The van der Waals surface area contributed by atoms with Gasteiger partial charge in [-0.05, 0) is 76.0 Å². The summed E-state index contributed by atoms with van der Waals surface area (Å²) in [5, 5.41) is 9.52. The molecule has 0 unspecified atom stereocenters. The van der Waals surface area contributed by atoms with Gasteiger partial charge < -0.3 is 19.6 Å². The lowest BCUT2D eigenvalue weighted by Crippen LogP contribution is -2.51. The summed E-state index contributed by atoms with van der Waals surface area (Å²) in [4.78, 5) is 43.1. The second-order valence-corrected chi connectivity index (χ2v) is 11.9. The molecule has 0 spiro atoms. The van der Waals surface area contributed by atoms with Gasteiger partial charge in [-0.25, -0.2) is 14.0 Å². The molecule has 2 aromatic rings. The summed E-state index contributed by atoms with van der Waals surface area (Å²) in [6.07, 6.45) is 3.70. The molecule has 1 saturated carbocycles. The molecular formula is C28H37FN4O5. The van der Waals surface area contributed by atoms with Crippen molar-refractivity contribution in [1.29, 1.82) is 0 Å². The highest BCUT2D eigenvalue weighted by atomic mass is 19.1. The lowest BCUT2D eigenvalue weighted by Gasteiger charge is -2.36. The number of amides is 1. The van der Waals surface area contributed by atoms with Crippen LogP contribution in [0.1, 0.15) is 67.4 Å². The van der Waals surface area contributed by atoms with Gasteiger partial charge in [0.25, 0.3) is 5.56 Å². The molecule has 3 fully saturated rings. The maximum atomic E-state index is 15.5. The molecule has 2 aromatic heterocycles. The Morgan fingerprint density at radius 1 is 1.11 bits per heavy atom. The summed E-state index contributed by atoms with van der Waals surface area (Å²) in [5.74, 6) is -1.24. The third kappa shape index (κ3) is 5.23. The first-order chi connectivity index (χ1) is 17.9. The summed E-state index contributed by atoms with van der Waals surface area (Å²) < 4.78 is 22.2. The fourth-order valence-electron chi connectivity index (χ4n) is 5.88. The van der Waals surface area contributed by atoms with E-state index in [4.69, 9.17) is 4.74 Å². The number of anilines is 1. The van der Waals surface area contributed by atoms with Crippen molar-refractivity contribution in [3.05, 3.63) is 45.1 Å². The summed E-state index contributed by atoms with van der Waals surface area (Å²) in [5.41, 5.74) is 1.13. The average molecular weight is 529 g/mol. The number of carbonyl (C=O) groups excluding carboxylic acids is 1. The van der Waals surface area contributed by atoms with Crippen molar-refractivity contribution in [2.24, 2.45) is 5.92 Å². The monoisotopic (exact) mass is 528 g/mol. The van der Waals surface area contributed by atoms with Crippen LogP contribution in [-0.4, -0.2) is 82.8 Å². The molecule has 1 N–H and O–H groups in total. The summed E-state index contributed by atoms with van der Waals surface area (Å²) >= 11 is 0. The molecule has 0 bridgehead atoms. The van der Waals surface area contributed by atoms with E-state index in [0.717, 1.165) is 44.5 Å². The number of carbonyl (C=O) groups is 2. The van der Waals surface area contributed by atoms with E-state index in [2.05, 4.69) is 9.80 Å². The number of hydrogen-bond donors (Lipinski definition) is 1. The standard InChI is InChI=1S/C28H37FN4O5/c1-17-23-20(19-5-6-19)13-21(26(35)36)25(34)33(23)16-22(29)24(17)32-8-7-18(15-32)14-30-9-11-31(12-10-30)27(37)38-28(2,3)4/h13,16,18-19H,5-12,14-15H2,1-4H3,(H,35,36)/t18-/m0/s1. The molecule has 3 aliphatic rings. The molecule has 4 heterocycles. The molecule has 5 rings (SSSR count). The minimum absolute atomic E-state index is 0.200. The highest BCUT2D eigenvalue weighted by Crippen LogP contribution is 2.44. The van der Waals surface area contributed by atoms with Crippen LogP contribution in [0.3, 0.4) is 0 Å². The van der Waals surface area contributed by atoms with Gasteiger partial charge in [0.1, 0.15) is 11.2 Å². The first-order valence-electron chi connectivity index (χ1n) is 13.5. The summed E-state index contributed by atoms with van der Waals surface area (Å²) in [6.45, 7) is 12.5. The number of halogens is 1. The van der Waals surface area contributed by atoms with Crippen LogP contribution >= 0.6 is 0 Å². The minimum Gasteiger partial charge on any atom is -0.477 e. The van der Waals surface area contributed by atoms with E-state index in [1.807, 2.05) is 27.7 Å². The van der Waals surface area contributed by atoms with Gasteiger partial charge in [0.2, 0.25) is 0 Å². The maximum absolute atomic E-state index is 15.5. The number of carboxylic acid groups (broad SMARTS) is 1. The van der Waals surface area contributed by atoms with Crippen LogP contribution in [0, 0.1) is 18.7 Å². The smallest absolute Gasteiger partial charge is 0.410 e. The number of nitrogens with zero attached hydrogens (tertiary/aromatic N) is 4. The topological polar surface area (TPSA) is 94.8 Å². The zero-order valence-corrected chi connectivity index (χ0v) is 22.6. The van der Waals surface area contributed by atoms with Gasteiger partial charge in [0.15, 0.2) is 5.82 Å². The number of carboxylic acids is 1. The number of aromatic carboxylic acids is 1. The fourth-order valence-corrected chi connectivity index (χ4v) is 5.88. The molecule has 0 aromatic carbocycles. The van der Waals surface area contributed by atoms with E-state index in [1.54, 1.807) is 4.90 Å². The molecule has 2 saturated heterocycles. The van der Waals surface area contributed by atoms with E-state index in [0.29, 0.717) is 48.9 Å². The van der Waals surface area contributed by atoms with Gasteiger partial charge in [-0.15, -0.1) is 0 Å². The zero-order valence-electron chi connectivity index (χ0n) is 22.6. The van der Waals surface area contributed by atoms with Gasteiger partial charge in [-0.1, -0.05) is 0 Å². The summed E-state index contributed by atoms with van der Waals surface area (Å²) in [7, 11) is 0. The first kappa shape index (κ1) is 26.5. The Balaban J connectivity index is 1.30. The van der Waals surface area contributed by atoms with Gasteiger partial charge in [0.05, 0.1) is 17.4 Å². The fraction of sp³-hybridized carbons (Fsp3) is 0.607. The molecule has 0 radical (unpaired) electrons. The van der Waals surface area contributed by atoms with Gasteiger partial charge in [-0.2, -0.15) is 0 Å². The highest BCUT2D eigenvalue weighted by molar-refractivity contribution is 5.89.